The molecule has 2 N–H and O–H groups in total. The third-order valence-electron chi connectivity index (χ3n) is 4.09. The van der Waals surface area contributed by atoms with Gasteiger partial charge in [-0.3, -0.25) is 9.59 Å². The molecule has 2 atom stereocenters. The maximum absolute atomic E-state index is 11.9. The SMILES string of the molecule is CC(C)C(CCNC(=O)C1CCS(=O)(=O)C1)CCC(=O)O. The average molecular weight is 319 g/mol. The van der Waals surface area contributed by atoms with Gasteiger partial charge in [-0.25, -0.2) is 8.42 Å². The summed E-state index contributed by atoms with van der Waals surface area (Å²) in [6.45, 7) is 4.55. The van der Waals surface area contributed by atoms with Gasteiger partial charge in [0, 0.05) is 13.0 Å². The molecule has 1 aliphatic rings. The molecule has 0 aliphatic carbocycles. The maximum Gasteiger partial charge on any atom is 0.303 e. The molecule has 0 bridgehead atoms. The first-order valence-corrected chi connectivity index (χ1v) is 9.23. The zero-order chi connectivity index (χ0) is 16.0. The number of sulfone groups is 1. The summed E-state index contributed by atoms with van der Waals surface area (Å²) >= 11 is 0. The summed E-state index contributed by atoms with van der Waals surface area (Å²) in [5.74, 6) is -0.782. The highest BCUT2D eigenvalue weighted by Gasteiger charge is 2.32. The molecule has 0 saturated carbocycles. The minimum absolute atomic E-state index is 0.0501. The lowest BCUT2D eigenvalue weighted by Crippen LogP contribution is -2.33. The van der Waals surface area contributed by atoms with E-state index in [9.17, 15) is 18.0 Å². The van der Waals surface area contributed by atoms with Gasteiger partial charge >= 0.3 is 5.97 Å². The van der Waals surface area contributed by atoms with Gasteiger partial charge in [-0.05, 0) is 31.1 Å². The van der Waals surface area contributed by atoms with Crippen molar-refractivity contribution in [3.8, 4) is 0 Å². The van der Waals surface area contributed by atoms with Crippen LogP contribution in [0.1, 0.15) is 39.5 Å². The lowest BCUT2D eigenvalue weighted by atomic mass is 9.88. The van der Waals surface area contributed by atoms with E-state index in [4.69, 9.17) is 5.11 Å². The number of carbonyl (C=O) groups excluding carboxylic acids is 1. The van der Waals surface area contributed by atoms with Crippen LogP contribution in [-0.2, 0) is 19.4 Å². The summed E-state index contributed by atoms with van der Waals surface area (Å²) in [4.78, 5) is 22.5. The number of rotatable bonds is 8. The fraction of sp³-hybridized carbons (Fsp3) is 0.857. The van der Waals surface area contributed by atoms with Crippen LogP contribution >= 0.6 is 0 Å². The number of hydrogen-bond acceptors (Lipinski definition) is 4. The number of aliphatic carboxylic acids is 1. The van der Waals surface area contributed by atoms with E-state index >= 15 is 0 Å². The Kier molecular flexibility index (Phi) is 6.64. The van der Waals surface area contributed by atoms with Crippen molar-refractivity contribution in [3.63, 3.8) is 0 Å². The van der Waals surface area contributed by atoms with E-state index < -0.39 is 21.7 Å². The van der Waals surface area contributed by atoms with Crippen molar-refractivity contribution in [1.29, 1.82) is 0 Å². The third kappa shape index (κ3) is 6.46. The summed E-state index contributed by atoms with van der Waals surface area (Å²) in [7, 11) is -3.04. The highest BCUT2D eigenvalue weighted by Crippen LogP contribution is 2.21. The lowest BCUT2D eigenvalue weighted by molar-refractivity contribution is -0.137. The molecule has 1 heterocycles. The standard InChI is InChI=1S/C14H25NO5S/c1-10(2)11(3-4-13(16)17)5-7-15-14(18)12-6-8-21(19,20)9-12/h10-12H,3-9H2,1-2H3,(H,15,18)(H,16,17). The highest BCUT2D eigenvalue weighted by atomic mass is 32.2. The second-order valence-electron chi connectivity index (χ2n) is 6.12. The summed E-state index contributed by atoms with van der Waals surface area (Å²) in [5.41, 5.74) is 0. The van der Waals surface area contributed by atoms with Crippen LogP contribution in [0.5, 0.6) is 0 Å². The minimum atomic E-state index is -3.04. The summed E-state index contributed by atoms with van der Waals surface area (Å²) in [5, 5.41) is 11.5. The second-order valence-corrected chi connectivity index (χ2v) is 8.34. The molecule has 1 fully saturated rings. The fourth-order valence-corrected chi connectivity index (χ4v) is 4.39. The van der Waals surface area contributed by atoms with Crippen LogP contribution in [0.3, 0.4) is 0 Å². The molecule has 0 aromatic rings. The molecule has 122 valence electrons. The Balaban J connectivity index is 2.33. The van der Waals surface area contributed by atoms with Gasteiger partial charge in [0.15, 0.2) is 9.84 Å². The Bertz CT molecular complexity index is 472. The average Bonchev–Trinajstić information content (AvgIpc) is 2.73. The van der Waals surface area contributed by atoms with Crippen LogP contribution < -0.4 is 5.32 Å². The number of carboxylic acids is 1. The first-order chi connectivity index (χ1) is 9.71. The minimum Gasteiger partial charge on any atom is -0.481 e. The number of hydrogen-bond donors (Lipinski definition) is 2. The van der Waals surface area contributed by atoms with Gasteiger partial charge in [-0.2, -0.15) is 0 Å². The van der Waals surface area contributed by atoms with Crippen LogP contribution in [0.2, 0.25) is 0 Å². The van der Waals surface area contributed by atoms with Gasteiger partial charge < -0.3 is 10.4 Å². The Labute approximate surface area is 126 Å². The summed E-state index contributed by atoms with van der Waals surface area (Å²) in [6, 6.07) is 0. The molecule has 1 amide bonds. The quantitative estimate of drug-likeness (QED) is 0.697. The number of carboxylic acid groups (broad SMARTS) is 1. The van der Waals surface area contributed by atoms with E-state index in [2.05, 4.69) is 5.32 Å². The lowest BCUT2D eigenvalue weighted by Gasteiger charge is -2.20. The molecule has 0 spiro atoms. The molecule has 1 saturated heterocycles. The Hall–Kier alpha value is -1.11. The molecule has 1 rings (SSSR count). The molecule has 0 radical (unpaired) electrons. The first kappa shape index (κ1) is 17.9. The summed E-state index contributed by atoms with van der Waals surface area (Å²) < 4.78 is 22.7. The predicted octanol–water partition coefficient (Wildman–Crippen LogP) is 1.06. The number of carbonyl (C=O) groups is 2. The molecule has 2 unspecified atom stereocenters. The van der Waals surface area contributed by atoms with Crippen LogP contribution in [0.4, 0.5) is 0 Å². The second kappa shape index (κ2) is 7.77. The van der Waals surface area contributed by atoms with Crippen molar-refractivity contribution in [2.45, 2.75) is 39.5 Å². The highest BCUT2D eigenvalue weighted by molar-refractivity contribution is 7.91. The molecule has 0 aromatic carbocycles. The van der Waals surface area contributed by atoms with E-state index in [0.717, 1.165) is 6.42 Å². The number of nitrogens with one attached hydrogen (secondary N) is 1. The van der Waals surface area contributed by atoms with E-state index in [-0.39, 0.29) is 29.8 Å². The van der Waals surface area contributed by atoms with E-state index in [0.29, 0.717) is 25.3 Å². The van der Waals surface area contributed by atoms with Crippen LogP contribution in [0.15, 0.2) is 0 Å². The van der Waals surface area contributed by atoms with E-state index in [1.54, 1.807) is 0 Å². The zero-order valence-corrected chi connectivity index (χ0v) is 13.5. The van der Waals surface area contributed by atoms with Gasteiger partial charge in [-0.15, -0.1) is 0 Å². The normalized spacial score (nSPS) is 22.1. The monoisotopic (exact) mass is 319 g/mol. The molecule has 6 nitrogen and oxygen atoms in total. The van der Waals surface area contributed by atoms with Crippen molar-refractivity contribution < 1.29 is 23.1 Å². The Morgan fingerprint density at radius 2 is 1.95 bits per heavy atom. The van der Waals surface area contributed by atoms with E-state index in [1.807, 2.05) is 13.8 Å². The Morgan fingerprint density at radius 3 is 2.43 bits per heavy atom. The van der Waals surface area contributed by atoms with Crippen molar-refractivity contribution in [1.82, 2.24) is 5.32 Å². The van der Waals surface area contributed by atoms with Gasteiger partial charge in [0.05, 0.1) is 17.4 Å². The van der Waals surface area contributed by atoms with Crippen molar-refractivity contribution in [3.05, 3.63) is 0 Å². The largest absolute Gasteiger partial charge is 0.481 e. The third-order valence-corrected chi connectivity index (χ3v) is 5.86. The Morgan fingerprint density at radius 1 is 1.29 bits per heavy atom. The van der Waals surface area contributed by atoms with Gasteiger partial charge in [0.1, 0.15) is 0 Å². The molecule has 21 heavy (non-hydrogen) atoms. The first-order valence-electron chi connectivity index (χ1n) is 7.41. The van der Waals surface area contributed by atoms with Crippen molar-refractivity contribution in [2.75, 3.05) is 18.1 Å². The molecular weight excluding hydrogens is 294 g/mol. The van der Waals surface area contributed by atoms with Gasteiger partial charge in [0.2, 0.25) is 5.91 Å². The van der Waals surface area contributed by atoms with E-state index in [1.165, 1.54) is 0 Å². The van der Waals surface area contributed by atoms with Crippen LogP contribution in [0, 0.1) is 17.8 Å². The van der Waals surface area contributed by atoms with Crippen LogP contribution in [0.25, 0.3) is 0 Å². The van der Waals surface area contributed by atoms with Crippen LogP contribution in [-0.4, -0.2) is 43.5 Å². The van der Waals surface area contributed by atoms with Crippen molar-refractivity contribution >= 4 is 21.7 Å². The topological polar surface area (TPSA) is 101 Å². The number of amides is 1. The predicted molar refractivity (Wildman–Crippen MR) is 79.6 cm³/mol. The molecular formula is C14H25NO5S. The molecule has 0 aromatic heterocycles. The van der Waals surface area contributed by atoms with Crippen molar-refractivity contribution in [2.24, 2.45) is 17.8 Å². The zero-order valence-electron chi connectivity index (χ0n) is 12.7. The van der Waals surface area contributed by atoms with Gasteiger partial charge in [0.25, 0.3) is 0 Å². The van der Waals surface area contributed by atoms with Gasteiger partial charge in [-0.1, -0.05) is 13.8 Å². The smallest absolute Gasteiger partial charge is 0.303 e. The summed E-state index contributed by atoms with van der Waals surface area (Å²) in [6.07, 6.45) is 1.86. The molecule has 7 heteroatoms. The maximum atomic E-state index is 11.9. The molecule has 1 aliphatic heterocycles. The fourth-order valence-electron chi connectivity index (χ4n) is 2.65.